The van der Waals surface area contributed by atoms with Crippen LogP contribution in [0.3, 0.4) is 0 Å². The van der Waals surface area contributed by atoms with Crippen molar-refractivity contribution in [1.29, 1.82) is 0 Å². The van der Waals surface area contributed by atoms with Gasteiger partial charge in [-0.3, -0.25) is 10.1 Å². The van der Waals surface area contributed by atoms with Crippen LogP contribution in [0.2, 0.25) is 0 Å². The van der Waals surface area contributed by atoms with E-state index in [0.29, 0.717) is 10.9 Å². The van der Waals surface area contributed by atoms with E-state index in [-0.39, 0.29) is 17.3 Å². The third-order valence-corrected chi connectivity index (χ3v) is 5.13. The number of nitrogens with zero attached hydrogens (tertiary/aromatic N) is 1. The van der Waals surface area contributed by atoms with E-state index in [4.69, 9.17) is 0 Å². The molecule has 0 saturated carbocycles. The lowest BCUT2D eigenvalue weighted by Gasteiger charge is -2.02. The van der Waals surface area contributed by atoms with Gasteiger partial charge in [0.05, 0.1) is 5.69 Å². The van der Waals surface area contributed by atoms with Crippen LogP contribution in [-0.4, -0.2) is 10.9 Å². The summed E-state index contributed by atoms with van der Waals surface area (Å²) >= 11 is 2.98. The van der Waals surface area contributed by atoms with Crippen LogP contribution in [0.4, 0.5) is 13.9 Å². The monoisotopic (exact) mass is 376 g/mol. The number of amides is 1. The van der Waals surface area contributed by atoms with Gasteiger partial charge in [0.25, 0.3) is 5.91 Å². The van der Waals surface area contributed by atoms with Crippen molar-refractivity contribution in [2.24, 2.45) is 0 Å². The van der Waals surface area contributed by atoms with Gasteiger partial charge in [0, 0.05) is 22.4 Å². The molecule has 0 aliphatic carbocycles. The molecule has 0 unspecified atom stereocenters. The number of carbonyl (C=O) groups excluding carboxylic acids is 1. The highest BCUT2D eigenvalue weighted by atomic mass is 32.2. The molecule has 128 valence electrons. The Bertz CT molecular complexity index is 866. The summed E-state index contributed by atoms with van der Waals surface area (Å²) in [6.45, 7) is 0. The molecule has 0 radical (unpaired) electrons. The second-order valence-corrected chi connectivity index (χ2v) is 7.07. The number of nitrogens with one attached hydrogen (secondary N) is 1. The summed E-state index contributed by atoms with van der Waals surface area (Å²) in [5.74, 6) is 0.350. The third kappa shape index (κ3) is 5.11. The van der Waals surface area contributed by atoms with Crippen LogP contribution in [0, 0.1) is 11.6 Å². The van der Waals surface area contributed by atoms with E-state index < -0.39 is 5.82 Å². The van der Waals surface area contributed by atoms with Crippen LogP contribution < -0.4 is 5.32 Å². The minimum Gasteiger partial charge on any atom is -0.298 e. The van der Waals surface area contributed by atoms with Crippen molar-refractivity contribution in [2.75, 3.05) is 5.32 Å². The van der Waals surface area contributed by atoms with Crippen molar-refractivity contribution in [3.8, 4) is 0 Å². The van der Waals surface area contributed by atoms with Crippen LogP contribution in [0.15, 0.2) is 53.9 Å². The predicted molar refractivity (Wildman–Crippen MR) is 97.9 cm³/mol. The van der Waals surface area contributed by atoms with Crippen LogP contribution >= 0.6 is 23.1 Å². The zero-order valence-corrected chi connectivity index (χ0v) is 14.7. The Labute approximate surface area is 152 Å². The number of hydrogen-bond acceptors (Lipinski definition) is 4. The average molecular weight is 376 g/mol. The van der Waals surface area contributed by atoms with Gasteiger partial charge in [-0.1, -0.05) is 18.2 Å². The fourth-order valence-electron chi connectivity index (χ4n) is 2.08. The standard InChI is InChI=1S/C18H14F2N2OS2/c19-14-6-4-12(5-7-14)9-24-10-16-11-25-18(21-16)22-17(23)13-2-1-3-15(20)8-13/h1-8,11H,9-10H2,(H,21,22,23). The molecule has 0 saturated heterocycles. The number of aromatic nitrogens is 1. The zero-order chi connectivity index (χ0) is 17.6. The van der Waals surface area contributed by atoms with E-state index in [9.17, 15) is 13.6 Å². The molecule has 0 atom stereocenters. The first-order valence-electron chi connectivity index (χ1n) is 7.43. The van der Waals surface area contributed by atoms with Crippen molar-refractivity contribution in [1.82, 2.24) is 4.98 Å². The lowest BCUT2D eigenvalue weighted by molar-refractivity contribution is 0.102. The molecular formula is C18H14F2N2OS2. The molecule has 1 N–H and O–H groups in total. The molecule has 1 heterocycles. The Hall–Kier alpha value is -2.25. The number of rotatable bonds is 6. The molecule has 0 fully saturated rings. The molecular weight excluding hydrogens is 362 g/mol. The normalized spacial score (nSPS) is 10.6. The molecule has 0 spiro atoms. The van der Waals surface area contributed by atoms with E-state index in [0.717, 1.165) is 17.0 Å². The summed E-state index contributed by atoms with van der Waals surface area (Å²) in [7, 11) is 0. The van der Waals surface area contributed by atoms with Crippen molar-refractivity contribution < 1.29 is 13.6 Å². The number of halogens is 2. The number of thioether (sulfide) groups is 1. The Morgan fingerprint density at radius 2 is 1.88 bits per heavy atom. The van der Waals surface area contributed by atoms with Gasteiger partial charge in [-0.15, -0.1) is 11.3 Å². The molecule has 7 heteroatoms. The molecule has 25 heavy (non-hydrogen) atoms. The Kier molecular flexibility index (Phi) is 5.78. The van der Waals surface area contributed by atoms with E-state index in [2.05, 4.69) is 10.3 Å². The summed E-state index contributed by atoms with van der Waals surface area (Å²) < 4.78 is 26.0. The molecule has 1 amide bonds. The van der Waals surface area contributed by atoms with Crippen LogP contribution in [0.25, 0.3) is 0 Å². The largest absolute Gasteiger partial charge is 0.298 e. The highest BCUT2D eigenvalue weighted by Crippen LogP contribution is 2.22. The Balaban J connectivity index is 1.52. The van der Waals surface area contributed by atoms with Crippen molar-refractivity contribution in [2.45, 2.75) is 11.5 Å². The molecule has 0 aliphatic heterocycles. The lowest BCUT2D eigenvalue weighted by atomic mass is 10.2. The minimum absolute atomic E-state index is 0.244. The van der Waals surface area contributed by atoms with Crippen molar-refractivity contribution >= 4 is 34.1 Å². The highest BCUT2D eigenvalue weighted by molar-refractivity contribution is 7.97. The first kappa shape index (κ1) is 17.6. The van der Waals surface area contributed by atoms with Crippen molar-refractivity contribution in [3.05, 3.63) is 82.4 Å². The van der Waals surface area contributed by atoms with Gasteiger partial charge in [0.15, 0.2) is 5.13 Å². The maximum Gasteiger partial charge on any atom is 0.257 e. The average Bonchev–Trinajstić information content (AvgIpc) is 3.04. The van der Waals surface area contributed by atoms with Gasteiger partial charge in [0.1, 0.15) is 11.6 Å². The van der Waals surface area contributed by atoms with Gasteiger partial charge in [-0.25, -0.2) is 13.8 Å². The molecule has 3 aromatic rings. The Morgan fingerprint density at radius 3 is 2.64 bits per heavy atom. The predicted octanol–water partition coefficient (Wildman–Crippen LogP) is 5.11. The molecule has 2 aromatic carbocycles. The smallest absolute Gasteiger partial charge is 0.257 e. The number of anilines is 1. The Morgan fingerprint density at radius 1 is 1.08 bits per heavy atom. The molecule has 1 aromatic heterocycles. The first-order chi connectivity index (χ1) is 12.1. The van der Waals surface area contributed by atoms with E-state index in [1.54, 1.807) is 30.0 Å². The number of thiazole rings is 1. The summed E-state index contributed by atoms with van der Waals surface area (Å²) in [6.07, 6.45) is 0. The first-order valence-corrected chi connectivity index (χ1v) is 9.47. The second-order valence-electron chi connectivity index (χ2n) is 5.23. The number of carbonyl (C=O) groups is 1. The highest BCUT2D eigenvalue weighted by Gasteiger charge is 2.10. The number of benzene rings is 2. The molecule has 0 bridgehead atoms. The fraction of sp³-hybridized carbons (Fsp3) is 0.111. The molecule has 3 rings (SSSR count). The molecule has 3 nitrogen and oxygen atoms in total. The second kappa shape index (κ2) is 8.22. The van der Waals surface area contributed by atoms with Gasteiger partial charge in [-0.05, 0) is 35.9 Å². The quantitative estimate of drug-likeness (QED) is 0.650. The van der Waals surface area contributed by atoms with Gasteiger partial charge < -0.3 is 0 Å². The molecule has 0 aliphatic rings. The lowest BCUT2D eigenvalue weighted by Crippen LogP contribution is -2.11. The van der Waals surface area contributed by atoms with E-state index >= 15 is 0 Å². The topological polar surface area (TPSA) is 42.0 Å². The maximum atomic E-state index is 13.2. The maximum absolute atomic E-state index is 13.2. The van der Waals surface area contributed by atoms with E-state index in [1.807, 2.05) is 5.38 Å². The van der Waals surface area contributed by atoms with Crippen LogP contribution in [-0.2, 0) is 11.5 Å². The van der Waals surface area contributed by atoms with Crippen LogP contribution in [0.5, 0.6) is 0 Å². The van der Waals surface area contributed by atoms with Gasteiger partial charge in [0.2, 0.25) is 0 Å². The third-order valence-electron chi connectivity index (χ3n) is 3.29. The minimum atomic E-state index is -0.454. The zero-order valence-electron chi connectivity index (χ0n) is 13.0. The SMILES string of the molecule is O=C(Nc1nc(CSCc2ccc(F)cc2)cs1)c1cccc(F)c1. The van der Waals surface area contributed by atoms with E-state index in [1.165, 1.54) is 41.7 Å². The summed E-state index contributed by atoms with van der Waals surface area (Å²) in [5, 5.41) is 5.02. The van der Waals surface area contributed by atoms with Gasteiger partial charge >= 0.3 is 0 Å². The number of hydrogen-bond donors (Lipinski definition) is 1. The summed E-state index contributed by atoms with van der Waals surface area (Å²) in [5.41, 5.74) is 2.15. The van der Waals surface area contributed by atoms with Crippen LogP contribution in [0.1, 0.15) is 21.6 Å². The van der Waals surface area contributed by atoms with Crippen molar-refractivity contribution in [3.63, 3.8) is 0 Å². The summed E-state index contributed by atoms with van der Waals surface area (Å²) in [6, 6.07) is 11.9. The van der Waals surface area contributed by atoms with Gasteiger partial charge in [-0.2, -0.15) is 11.8 Å². The summed E-state index contributed by atoms with van der Waals surface area (Å²) in [4.78, 5) is 16.4. The fourth-order valence-corrected chi connectivity index (χ4v) is 3.78.